The lowest BCUT2D eigenvalue weighted by Gasteiger charge is -2.32. The lowest BCUT2D eigenvalue weighted by atomic mass is 9.78. The molecule has 3 amide bonds. The minimum Gasteiger partial charge on any atom is -0.377 e. The fourth-order valence-electron chi connectivity index (χ4n) is 4.09. The van der Waals surface area contributed by atoms with Crippen LogP contribution in [0.4, 0.5) is 5.13 Å². The van der Waals surface area contributed by atoms with Crippen LogP contribution >= 0.6 is 11.3 Å². The quantitative estimate of drug-likeness (QED) is 0.730. The highest BCUT2D eigenvalue weighted by atomic mass is 32.1. The van der Waals surface area contributed by atoms with Gasteiger partial charge in [-0.2, -0.15) is 0 Å². The highest BCUT2D eigenvalue weighted by Gasteiger charge is 2.40. The summed E-state index contributed by atoms with van der Waals surface area (Å²) in [5.74, 6) is -1.03. The van der Waals surface area contributed by atoms with Crippen LogP contribution in [0.3, 0.4) is 0 Å². The van der Waals surface area contributed by atoms with Crippen molar-refractivity contribution in [3.63, 3.8) is 0 Å². The maximum absolute atomic E-state index is 12.9. The number of fused-ring (bicyclic) bond motifs is 1. The number of methoxy groups -OCH3 is 1. The number of aromatic nitrogens is 2. The molecule has 1 aliphatic carbocycles. The Balaban J connectivity index is 1.46. The van der Waals surface area contributed by atoms with Crippen molar-refractivity contribution in [1.82, 2.24) is 15.1 Å². The summed E-state index contributed by atoms with van der Waals surface area (Å²) < 4.78 is 5.03. The van der Waals surface area contributed by atoms with Crippen molar-refractivity contribution in [3.8, 4) is 0 Å². The number of hydrogen-bond acceptors (Lipinski definition) is 7. The van der Waals surface area contributed by atoms with E-state index in [-0.39, 0.29) is 36.1 Å². The Morgan fingerprint density at radius 3 is 2.55 bits per heavy atom. The molecule has 9 heteroatoms. The molecule has 2 unspecified atom stereocenters. The average molecular weight is 414 g/mol. The molecule has 1 N–H and O–H groups in total. The number of anilines is 1. The van der Waals surface area contributed by atoms with E-state index in [4.69, 9.17) is 4.74 Å². The molecule has 2 atom stereocenters. The Morgan fingerprint density at radius 2 is 1.86 bits per heavy atom. The molecule has 1 aromatic carbocycles. The maximum atomic E-state index is 12.9. The summed E-state index contributed by atoms with van der Waals surface area (Å²) in [4.78, 5) is 39.6. The van der Waals surface area contributed by atoms with E-state index in [1.165, 1.54) is 16.2 Å². The summed E-state index contributed by atoms with van der Waals surface area (Å²) in [6.45, 7) is 0.606. The highest BCUT2D eigenvalue weighted by Crippen LogP contribution is 2.34. The zero-order valence-electron chi connectivity index (χ0n) is 16.1. The van der Waals surface area contributed by atoms with Gasteiger partial charge in [-0.25, -0.2) is 0 Å². The molecule has 152 valence electrons. The lowest BCUT2D eigenvalue weighted by molar-refractivity contribution is -0.122. The van der Waals surface area contributed by atoms with Gasteiger partial charge in [-0.15, -0.1) is 10.2 Å². The molecule has 4 rings (SSSR count). The van der Waals surface area contributed by atoms with Crippen LogP contribution in [0.15, 0.2) is 24.3 Å². The van der Waals surface area contributed by atoms with Gasteiger partial charge in [0.15, 0.2) is 0 Å². The fraction of sp³-hybridized carbons (Fsp3) is 0.450. The Morgan fingerprint density at radius 1 is 1.17 bits per heavy atom. The molecular formula is C20H22N4O4S. The Labute approximate surface area is 172 Å². The predicted octanol–water partition coefficient (Wildman–Crippen LogP) is 2.73. The minimum absolute atomic E-state index is 0.0719. The summed E-state index contributed by atoms with van der Waals surface area (Å²) in [5.41, 5.74) is 0.877. The van der Waals surface area contributed by atoms with Gasteiger partial charge >= 0.3 is 0 Å². The first-order valence-corrected chi connectivity index (χ1v) is 10.5. The molecule has 1 aromatic heterocycles. The van der Waals surface area contributed by atoms with Crippen molar-refractivity contribution >= 4 is 34.2 Å². The molecule has 0 radical (unpaired) electrons. The number of amides is 3. The van der Waals surface area contributed by atoms with Crippen LogP contribution < -0.4 is 5.32 Å². The Kier molecular flexibility index (Phi) is 5.68. The lowest BCUT2D eigenvalue weighted by Crippen LogP contribution is -2.41. The number of carbonyl (C=O) groups excluding carboxylic acids is 3. The first kappa shape index (κ1) is 19.7. The number of hydrogen-bond donors (Lipinski definition) is 1. The summed E-state index contributed by atoms with van der Waals surface area (Å²) in [6.07, 6.45) is 3.45. The van der Waals surface area contributed by atoms with E-state index >= 15 is 0 Å². The zero-order valence-corrected chi connectivity index (χ0v) is 16.9. The number of rotatable bonds is 6. The number of imide groups is 1. The van der Waals surface area contributed by atoms with Crippen LogP contribution in [-0.2, 0) is 16.1 Å². The number of benzene rings is 1. The first-order valence-electron chi connectivity index (χ1n) is 9.66. The second-order valence-electron chi connectivity index (χ2n) is 7.34. The van der Waals surface area contributed by atoms with Crippen molar-refractivity contribution in [2.24, 2.45) is 11.8 Å². The Hall–Kier alpha value is -2.65. The van der Waals surface area contributed by atoms with E-state index in [0.29, 0.717) is 27.9 Å². The van der Waals surface area contributed by atoms with Crippen molar-refractivity contribution in [2.45, 2.75) is 32.3 Å². The van der Waals surface area contributed by atoms with Crippen LogP contribution in [0.1, 0.15) is 51.4 Å². The third kappa shape index (κ3) is 3.92. The molecule has 0 spiro atoms. The van der Waals surface area contributed by atoms with Gasteiger partial charge < -0.3 is 10.1 Å². The molecule has 0 bridgehead atoms. The Bertz CT molecular complexity index is 909. The standard InChI is InChI=1S/C20H22N4O4S/c1-28-11-16-22-23-20(29-16)21-17(25)13-7-3-2-6-12(13)10-24-18(26)14-8-4-5-9-15(14)19(24)27/h4-5,8-9,12-13H,2-3,6-7,10-11H2,1H3,(H,21,23,25). The highest BCUT2D eigenvalue weighted by molar-refractivity contribution is 7.15. The summed E-state index contributed by atoms with van der Waals surface area (Å²) in [6, 6.07) is 6.86. The molecule has 1 aliphatic heterocycles. The molecule has 2 aromatic rings. The maximum Gasteiger partial charge on any atom is 0.261 e. The number of carbonyl (C=O) groups is 3. The molecule has 1 saturated carbocycles. The average Bonchev–Trinajstić information content (AvgIpc) is 3.27. The zero-order chi connectivity index (χ0) is 20.4. The molecule has 8 nitrogen and oxygen atoms in total. The van der Waals surface area contributed by atoms with Crippen molar-refractivity contribution in [1.29, 1.82) is 0 Å². The first-order chi connectivity index (χ1) is 14.1. The molecule has 0 saturated heterocycles. The third-order valence-corrected chi connectivity index (χ3v) is 6.32. The smallest absolute Gasteiger partial charge is 0.261 e. The van der Waals surface area contributed by atoms with E-state index in [0.717, 1.165) is 25.7 Å². The van der Waals surface area contributed by atoms with Gasteiger partial charge in [0.05, 0.1) is 11.1 Å². The second-order valence-corrected chi connectivity index (χ2v) is 8.40. The molecule has 2 aliphatic rings. The molecule has 29 heavy (non-hydrogen) atoms. The van der Waals surface area contributed by atoms with Crippen LogP contribution in [0.5, 0.6) is 0 Å². The van der Waals surface area contributed by atoms with Crippen LogP contribution in [0.2, 0.25) is 0 Å². The van der Waals surface area contributed by atoms with E-state index in [1.807, 2.05) is 0 Å². The van der Waals surface area contributed by atoms with Crippen LogP contribution in [0.25, 0.3) is 0 Å². The van der Waals surface area contributed by atoms with Crippen molar-refractivity contribution < 1.29 is 19.1 Å². The summed E-state index contributed by atoms with van der Waals surface area (Å²) in [5, 5.41) is 11.9. The van der Waals surface area contributed by atoms with Crippen molar-refractivity contribution in [3.05, 3.63) is 40.4 Å². The van der Waals surface area contributed by atoms with E-state index < -0.39 is 0 Å². The topological polar surface area (TPSA) is 101 Å². The SMILES string of the molecule is COCc1nnc(NC(=O)C2CCCCC2CN2C(=O)c3ccccc3C2=O)s1. The second kappa shape index (κ2) is 8.38. The monoisotopic (exact) mass is 414 g/mol. The van der Waals surface area contributed by atoms with E-state index in [9.17, 15) is 14.4 Å². The van der Waals surface area contributed by atoms with Crippen molar-refractivity contribution in [2.75, 3.05) is 19.0 Å². The summed E-state index contributed by atoms with van der Waals surface area (Å²) in [7, 11) is 1.57. The van der Waals surface area contributed by atoms with Gasteiger partial charge in [-0.05, 0) is 30.9 Å². The minimum atomic E-state index is -0.275. The van der Waals surface area contributed by atoms with E-state index in [2.05, 4.69) is 15.5 Å². The summed E-state index contributed by atoms with van der Waals surface area (Å²) >= 11 is 1.28. The van der Waals surface area contributed by atoms with Gasteiger partial charge in [-0.3, -0.25) is 19.3 Å². The largest absolute Gasteiger partial charge is 0.377 e. The van der Waals surface area contributed by atoms with Gasteiger partial charge in [0, 0.05) is 19.6 Å². The predicted molar refractivity (Wildman–Crippen MR) is 107 cm³/mol. The van der Waals surface area contributed by atoms with Crippen LogP contribution in [0, 0.1) is 11.8 Å². The normalized spacial score (nSPS) is 21.3. The van der Waals surface area contributed by atoms with Gasteiger partial charge in [-0.1, -0.05) is 36.3 Å². The van der Waals surface area contributed by atoms with Gasteiger partial charge in [0.1, 0.15) is 11.6 Å². The number of nitrogens with zero attached hydrogens (tertiary/aromatic N) is 3. The van der Waals surface area contributed by atoms with Gasteiger partial charge in [0.25, 0.3) is 11.8 Å². The third-order valence-electron chi connectivity index (χ3n) is 5.51. The van der Waals surface area contributed by atoms with E-state index in [1.54, 1.807) is 31.4 Å². The molecule has 1 fully saturated rings. The fourth-order valence-corrected chi connectivity index (χ4v) is 4.81. The molecular weight excluding hydrogens is 392 g/mol. The van der Waals surface area contributed by atoms with Crippen LogP contribution in [-0.4, -0.2) is 46.5 Å². The number of ether oxygens (including phenoxy) is 1. The molecule has 2 heterocycles. The number of nitrogens with one attached hydrogen (secondary N) is 1. The van der Waals surface area contributed by atoms with Gasteiger partial charge in [0.2, 0.25) is 11.0 Å².